The van der Waals surface area contributed by atoms with Gasteiger partial charge in [-0.3, -0.25) is 9.52 Å². The van der Waals surface area contributed by atoms with E-state index in [1.54, 1.807) is 24.3 Å². The summed E-state index contributed by atoms with van der Waals surface area (Å²) in [5.74, 6) is -0.340. The summed E-state index contributed by atoms with van der Waals surface area (Å²) in [6.07, 6.45) is 1.71. The lowest BCUT2D eigenvalue weighted by Crippen LogP contribution is -2.47. The van der Waals surface area contributed by atoms with E-state index in [2.05, 4.69) is 4.72 Å². The van der Waals surface area contributed by atoms with E-state index in [4.69, 9.17) is 10.5 Å². The van der Waals surface area contributed by atoms with Crippen LogP contribution < -0.4 is 15.2 Å². The molecule has 1 heterocycles. The SMILES string of the molecule is CC(C)Oc1ccc(NS(=O)(=O)CC(=O)N2CCCC(N)C2)cc1. The van der Waals surface area contributed by atoms with Gasteiger partial charge >= 0.3 is 0 Å². The molecule has 1 unspecified atom stereocenters. The lowest BCUT2D eigenvalue weighted by Gasteiger charge is -2.30. The first-order chi connectivity index (χ1) is 11.2. The number of amides is 1. The molecule has 0 bridgehead atoms. The molecule has 0 radical (unpaired) electrons. The lowest BCUT2D eigenvalue weighted by molar-refractivity contribution is -0.129. The molecule has 1 amide bonds. The summed E-state index contributed by atoms with van der Waals surface area (Å²) >= 11 is 0. The van der Waals surface area contributed by atoms with Crippen LogP contribution in [0.1, 0.15) is 26.7 Å². The third-order valence-electron chi connectivity index (χ3n) is 3.62. The number of hydrogen-bond donors (Lipinski definition) is 2. The molecule has 1 aliphatic rings. The number of likely N-dealkylation sites (tertiary alicyclic amines) is 1. The first kappa shape index (κ1) is 18.5. The van der Waals surface area contributed by atoms with Crippen molar-refractivity contribution in [1.29, 1.82) is 0 Å². The summed E-state index contributed by atoms with van der Waals surface area (Å²) in [5.41, 5.74) is 6.23. The van der Waals surface area contributed by atoms with Gasteiger partial charge in [0.05, 0.1) is 6.10 Å². The fraction of sp³-hybridized carbons (Fsp3) is 0.562. The number of nitrogens with one attached hydrogen (secondary N) is 1. The molecule has 1 aliphatic heterocycles. The van der Waals surface area contributed by atoms with E-state index in [9.17, 15) is 13.2 Å². The Morgan fingerprint density at radius 1 is 1.38 bits per heavy atom. The van der Waals surface area contributed by atoms with E-state index in [0.29, 0.717) is 24.5 Å². The largest absolute Gasteiger partial charge is 0.491 e. The molecule has 3 N–H and O–H groups in total. The maximum Gasteiger partial charge on any atom is 0.241 e. The minimum Gasteiger partial charge on any atom is -0.491 e. The molecule has 0 spiro atoms. The Bertz CT molecular complexity index is 658. The van der Waals surface area contributed by atoms with Crippen molar-refractivity contribution in [1.82, 2.24) is 4.90 Å². The minimum absolute atomic E-state index is 0.0427. The van der Waals surface area contributed by atoms with E-state index >= 15 is 0 Å². The number of carbonyl (C=O) groups excluding carboxylic acids is 1. The Labute approximate surface area is 143 Å². The van der Waals surface area contributed by atoms with E-state index < -0.39 is 21.7 Å². The molecule has 134 valence electrons. The van der Waals surface area contributed by atoms with Crippen LogP contribution in [-0.4, -0.2) is 50.2 Å². The Morgan fingerprint density at radius 3 is 2.62 bits per heavy atom. The number of ether oxygens (including phenoxy) is 1. The molecule has 0 aromatic heterocycles. The third kappa shape index (κ3) is 5.68. The van der Waals surface area contributed by atoms with E-state index in [1.807, 2.05) is 13.8 Å². The summed E-state index contributed by atoms with van der Waals surface area (Å²) in [6.45, 7) is 4.79. The van der Waals surface area contributed by atoms with Gasteiger partial charge in [0.2, 0.25) is 15.9 Å². The fourth-order valence-electron chi connectivity index (χ4n) is 2.58. The van der Waals surface area contributed by atoms with Crippen molar-refractivity contribution in [3.8, 4) is 5.75 Å². The van der Waals surface area contributed by atoms with E-state index in [0.717, 1.165) is 12.8 Å². The number of carbonyl (C=O) groups is 1. The number of nitrogens with two attached hydrogens (primary N) is 1. The summed E-state index contributed by atoms with van der Waals surface area (Å²) in [5, 5.41) is 0. The van der Waals surface area contributed by atoms with Crippen molar-refractivity contribution < 1.29 is 17.9 Å². The average Bonchev–Trinajstić information content (AvgIpc) is 2.48. The molecule has 2 rings (SSSR count). The van der Waals surface area contributed by atoms with Crippen LogP contribution >= 0.6 is 0 Å². The van der Waals surface area contributed by atoms with E-state index in [1.165, 1.54) is 4.90 Å². The van der Waals surface area contributed by atoms with Crippen molar-refractivity contribution in [2.45, 2.75) is 38.8 Å². The number of nitrogens with zero attached hydrogens (tertiary/aromatic N) is 1. The molecule has 1 fully saturated rings. The molecule has 0 saturated carbocycles. The molecule has 1 aromatic rings. The van der Waals surface area contributed by atoms with Crippen LogP contribution in [0.3, 0.4) is 0 Å². The second-order valence-electron chi connectivity index (χ2n) is 6.29. The molecule has 24 heavy (non-hydrogen) atoms. The van der Waals surface area contributed by atoms with Crippen molar-refractivity contribution >= 4 is 21.6 Å². The van der Waals surface area contributed by atoms with Crippen molar-refractivity contribution in [3.05, 3.63) is 24.3 Å². The van der Waals surface area contributed by atoms with Crippen LogP contribution in [0, 0.1) is 0 Å². The van der Waals surface area contributed by atoms with Gasteiger partial charge in [0.25, 0.3) is 0 Å². The highest BCUT2D eigenvalue weighted by Gasteiger charge is 2.25. The molecule has 1 aromatic carbocycles. The lowest BCUT2D eigenvalue weighted by atomic mass is 10.1. The van der Waals surface area contributed by atoms with Gasteiger partial charge in [-0.05, 0) is 51.0 Å². The molecule has 1 saturated heterocycles. The number of hydrogen-bond acceptors (Lipinski definition) is 5. The Balaban J connectivity index is 1.94. The van der Waals surface area contributed by atoms with Crippen molar-refractivity contribution in [2.75, 3.05) is 23.6 Å². The standard InChI is InChI=1S/C16H25N3O4S/c1-12(2)23-15-7-5-14(6-8-15)18-24(21,22)11-16(20)19-9-3-4-13(17)10-19/h5-8,12-13,18H,3-4,9-11,17H2,1-2H3. The van der Waals surface area contributed by atoms with Crippen molar-refractivity contribution in [2.24, 2.45) is 5.73 Å². The fourth-order valence-corrected chi connectivity index (χ4v) is 3.65. The van der Waals surface area contributed by atoms with E-state index in [-0.39, 0.29) is 12.1 Å². The zero-order chi connectivity index (χ0) is 17.7. The summed E-state index contributed by atoms with van der Waals surface area (Å²) < 4.78 is 32.3. The Morgan fingerprint density at radius 2 is 2.04 bits per heavy atom. The predicted molar refractivity (Wildman–Crippen MR) is 93.4 cm³/mol. The number of benzene rings is 1. The predicted octanol–water partition coefficient (Wildman–Crippen LogP) is 1.17. The first-order valence-electron chi connectivity index (χ1n) is 8.06. The average molecular weight is 355 g/mol. The topological polar surface area (TPSA) is 102 Å². The number of rotatable bonds is 6. The molecule has 8 heteroatoms. The summed E-state index contributed by atoms with van der Waals surface area (Å²) in [6, 6.07) is 6.51. The molecule has 0 aliphatic carbocycles. The van der Waals surface area contributed by atoms with Gasteiger partial charge < -0.3 is 15.4 Å². The summed E-state index contributed by atoms with van der Waals surface area (Å²) in [7, 11) is -3.76. The maximum atomic E-state index is 12.2. The van der Waals surface area contributed by atoms with Gasteiger partial charge in [0, 0.05) is 24.8 Å². The van der Waals surface area contributed by atoms with Gasteiger partial charge in [0.15, 0.2) is 0 Å². The van der Waals surface area contributed by atoms with Crippen LogP contribution in [0.5, 0.6) is 5.75 Å². The Kier molecular flexibility index (Phi) is 6.06. The van der Waals surface area contributed by atoms with Gasteiger partial charge in [-0.2, -0.15) is 0 Å². The van der Waals surface area contributed by atoms with Crippen LogP contribution in [-0.2, 0) is 14.8 Å². The zero-order valence-corrected chi connectivity index (χ0v) is 14.9. The minimum atomic E-state index is -3.76. The number of sulfonamides is 1. The second kappa shape index (κ2) is 7.85. The van der Waals surface area contributed by atoms with Gasteiger partial charge in [0.1, 0.15) is 11.5 Å². The molecule has 7 nitrogen and oxygen atoms in total. The van der Waals surface area contributed by atoms with Crippen LogP contribution in [0.15, 0.2) is 24.3 Å². The van der Waals surface area contributed by atoms with Gasteiger partial charge in [-0.15, -0.1) is 0 Å². The highest BCUT2D eigenvalue weighted by molar-refractivity contribution is 7.93. The van der Waals surface area contributed by atoms with Crippen molar-refractivity contribution in [3.63, 3.8) is 0 Å². The first-order valence-corrected chi connectivity index (χ1v) is 9.71. The quantitative estimate of drug-likeness (QED) is 0.797. The maximum absolute atomic E-state index is 12.2. The van der Waals surface area contributed by atoms with Gasteiger partial charge in [-0.25, -0.2) is 8.42 Å². The monoisotopic (exact) mass is 355 g/mol. The van der Waals surface area contributed by atoms with Crippen LogP contribution in [0.25, 0.3) is 0 Å². The smallest absolute Gasteiger partial charge is 0.241 e. The highest BCUT2D eigenvalue weighted by Crippen LogP contribution is 2.18. The summed E-state index contributed by atoms with van der Waals surface area (Å²) in [4.78, 5) is 13.7. The van der Waals surface area contributed by atoms with Gasteiger partial charge in [-0.1, -0.05) is 0 Å². The number of piperidine rings is 1. The Hall–Kier alpha value is -1.80. The number of anilines is 1. The zero-order valence-electron chi connectivity index (χ0n) is 14.1. The van der Waals surface area contributed by atoms with Crippen LogP contribution in [0.4, 0.5) is 5.69 Å². The highest BCUT2D eigenvalue weighted by atomic mass is 32.2. The second-order valence-corrected chi connectivity index (χ2v) is 8.02. The normalized spacial score (nSPS) is 18.5. The third-order valence-corrected chi connectivity index (χ3v) is 4.80. The van der Waals surface area contributed by atoms with Crippen LogP contribution in [0.2, 0.25) is 0 Å². The molecule has 1 atom stereocenters. The molecular weight excluding hydrogens is 330 g/mol. The molecular formula is C16H25N3O4S.